The Labute approximate surface area is 118 Å². The minimum Gasteiger partial charge on any atom is -0.508 e. The molecule has 0 saturated carbocycles. The van der Waals surface area contributed by atoms with Gasteiger partial charge in [-0.1, -0.05) is 29.8 Å². The van der Waals surface area contributed by atoms with Gasteiger partial charge < -0.3 is 10.0 Å². The van der Waals surface area contributed by atoms with E-state index >= 15 is 0 Å². The van der Waals surface area contributed by atoms with E-state index in [1.165, 1.54) is 5.56 Å². The van der Waals surface area contributed by atoms with E-state index in [0.717, 1.165) is 42.2 Å². The number of nitrogens with zero attached hydrogens (tertiary/aromatic N) is 1. The summed E-state index contributed by atoms with van der Waals surface area (Å²) in [7, 11) is 0. The molecule has 3 rings (SSSR count). The topological polar surface area (TPSA) is 23.5 Å². The fourth-order valence-corrected chi connectivity index (χ4v) is 2.78. The van der Waals surface area contributed by atoms with Crippen molar-refractivity contribution in [3.8, 4) is 5.75 Å². The first-order valence-corrected chi connectivity index (χ1v) is 6.92. The van der Waals surface area contributed by atoms with Gasteiger partial charge in [0, 0.05) is 29.4 Å². The van der Waals surface area contributed by atoms with Gasteiger partial charge in [-0.15, -0.1) is 0 Å². The quantitative estimate of drug-likeness (QED) is 0.894. The minimum atomic E-state index is 0.415. The van der Waals surface area contributed by atoms with Crippen molar-refractivity contribution in [3.05, 3.63) is 58.6 Å². The van der Waals surface area contributed by atoms with Gasteiger partial charge in [-0.05, 0) is 42.7 Å². The number of phenolic OH excluding ortho intramolecular Hbond substituents is 1. The van der Waals surface area contributed by atoms with Gasteiger partial charge >= 0.3 is 0 Å². The van der Waals surface area contributed by atoms with Crippen LogP contribution in [0.4, 0.5) is 5.69 Å². The predicted octanol–water partition coefficient (Wildman–Crippen LogP) is 4.00. The smallest absolute Gasteiger partial charge is 0.120 e. The zero-order chi connectivity index (χ0) is 13.2. The molecule has 2 aromatic rings. The molecule has 0 aliphatic carbocycles. The first-order chi connectivity index (χ1) is 9.24. The van der Waals surface area contributed by atoms with Gasteiger partial charge in [-0.2, -0.15) is 0 Å². The number of hydrogen-bond donors (Lipinski definition) is 1. The third kappa shape index (κ3) is 2.54. The average Bonchev–Trinajstić information content (AvgIpc) is 2.43. The molecule has 0 amide bonds. The lowest BCUT2D eigenvalue weighted by Crippen LogP contribution is -2.28. The molecule has 0 aromatic heterocycles. The lowest BCUT2D eigenvalue weighted by molar-refractivity contribution is 0.464. The molecule has 98 valence electrons. The summed E-state index contributed by atoms with van der Waals surface area (Å²) in [5, 5.41) is 10.7. The van der Waals surface area contributed by atoms with Crippen LogP contribution in [-0.4, -0.2) is 11.7 Å². The van der Waals surface area contributed by atoms with Gasteiger partial charge in [0.05, 0.1) is 0 Å². The summed E-state index contributed by atoms with van der Waals surface area (Å²) in [6, 6.07) is 13.7. The monoisotopic (exact) mass is 273 g/mol. The number of rotatable bonds is 2. The fraction of sp³-hybridized carbons (Fsp3) is 0.250. The molecule has 1 aliphatic heterocycles. The van der Waals surface area contributed by atoms with E-state index in [2.05, 4.69) is 23.1 Å². The highest BCUT2D eigenvalue weighted by atomic mass is 35.5. The lowest BCUT2D eigenvalue weighted by atomic mass is 10.00. The van der Waals surface area contributed by atoms with E-state index in [1.807, 2.05) is 18.2 Å². The van der Waals surface area contributed by atoms with Crippen LogP contribution in [0.5, 0.6) is 5.75 Å². The first kappa shape index (κ1) is 12.4. The first-order valence-electron chi connectivity index (χ1n) is 6.54. The van der Waals surface area contributed by atoms with Crippen LogP contribution >= 0.6 is 11.6 Å². The average molecular weight is 274 g/mol. The summed E-state index contributed by atoms with van der Waals surface area (Å²) in [5.41, 5.74) is 3.46. The second-order valence-corrected chi connectivity index (χ2v) is 5.36. The molecule has 1 heterocycles. The third-order valence-corrected chi connectivity index (χ3v) is 3.86. The zero-order valence-corrected chi connectivity index (χ0v) is 11.4. The van der Waals surface area contributed by atoms with Gasteiger partial charge in [0.15, 0.2) is 0 Å². The van der Waals surface area contributed by atoms with Gasteiger partial charge in [0.2, 0.25) is 0 Å². The van der Waals surface area contributed by atoms with Gasteiger partial charge in [0.25, 0.3) is 0 Å². The maximum absolute atomic E-state index is 9.93. The maximum atomic E-state index is 9.93. The van der Waals surface area contributed by atoms with Crippen LogP contribution in [0.15, 0.2) is 42.5 Å². The Morgan fingerprint density at radius 1 is 1.11 bits per heavy atom. The van der Waals surface area contributed by atoms with Crippen molar-refractivity contribution in [2.45, 2.75) is 19.4 Å². The van der Waals surface area contributed by atoms with E-state index in [1.54, 1.807) is 6.07 Å². The molecule has 0 radical (unpaired) electrons. The van der Waals surface area contributed by atoms with Crippen molar-refractivity contribution in [1.29, 1.82) is 0 Å². The molecule has 0 atom stereocenters. The van der Waals surface area contributed by atoms with Crippen LogP contribution in [0.25, 0.3) is 0 Å². The molecule has 2 aromatic carbocycles. The highest BCUT2D eigenvalue weighted by Crippen LogP contribution is 2.34. The normalized spacial score (nSPS) is 14.3. The van der Waals surface area contributed by atoms with Gasteiger partial charge in [0.1, 0.15) is 5.75 Å². The summed E-state index contributed by atoms with van der Waals surface area (Å²) in [5.74, 6) is 0.415. The number of anilines is 1. The molecule has 2 nitrogen and oxygen atoms in total. The second kappa shape index (κ2) is 5.14. The molecular weight excluding hydrogens is 258 g/mol. The van der Waals surface area contributed by atoms with Gasteiger partial charge in [-0.3, -0.25) is 0 Å². The molecule has 19 heavy (non-hydrogen) atoms. The van der Waals surface area contributed by atoms with Crippen molar-refractivity contribution >= 4 is 17.3 Å². The molecule has 3 heteroatoms. The Kier molecular flexibility index (Phi) is 3.34. The Balaban J connectivity index is 1.88. The Morgan fingerprint density at radius 2 is 1.89 bits per heavy atom. The van der Waals surface area contributed by atoms with Crippen molar-refractivity contribution in [3.63, 3.8) is 0 Å². The van der Waals surface area contributed by atoms with Crippen LogP contribution in [0, 0.1) is 0 Å². The van der Waals surface area contributed by atoms with E-state index < -0.39 is 0 Å². The van der Waals surface area contributed by atoms with Crippen molar-refractivity contribution in [2.75, 3.05) is 11.4 Å². The standard InChI is InChI=1S/C16H16ClNO/c17-13-8-6-12(7-9-13)11-18-10-2-3-14-15(18)4-1-5-16(14)19/h1,4-9,19H,2-3,10-11H2. The van der Waals surface area contributed by atoms with E-state index in [0.29, 0.717) is 5.75 Å². The van der Waals surface area contributed by atoms with Crippen molar-refractivity contribution in [2.24, 2.45) is 0 Å². The SMILES string of the molecule is Oc1cccc2c1CCCN2Cc1ccc(Cl)cc1. The second-order valence-electron chi connectivity index (χ2n) is 4.93. The molecule has 0 saturated heterocycles. The molecule has 1 N–H and O–H groups in total. The zero-order valence-electron chi connectivity index (χ0n) is 10.6. The minimum absolute atomic E-state index is 0.415. The number of halogens is 1. The summed E-state index contributed by atoms with van der Waals surface area (Å²) in [4.78, 5) is 2.32. The Morgan fingerprint density at radius 3 is 2.68 bits per heavy atom. The summed E-state index contributed by atoms with van der Waals surface area (Å²) < 4.78 is 0. The summed E-state index contributed by atoms with van der Waals surface area (Å²) >= 11 is 5.91. The molecule has 0 fully saturated rings. The van der Waals surface area contributed by atoms with Crippen molar-refractivity contribution in [1.82, 2.24) is 0 Å². The molecular formula is C16H16ClNO. The fourth-order valence-electron chi connectivity index (χ4n) is 2.66. The highest BCUT2D eigenvalue weighted by Gasteiger charge is 2.19. The molecule has 0 unspecified atom stereocenters. The largest absolute Gasteiger partial charge is 0.508 e. The van der Waals surface area contributed by atoms with E-state index in [9.17, 15) is 5.11 Å². The van der Waals surface area contributed by atoms with Gasteiger partial charge in [-0.25, -0.2) is 0 Å². The predicted molar refractivity (Wildman–Crippen MR) is 78.9 cm³/mol. The van der Waals surface area contributed by atoms with Crippen LogP contribution < -0.4 is 4.90 Å². The van der Waals surface area contributed by atoms with E-state index in [-0.39, 0.29) is 0 Å². The lowest BCUT2D eigenvalue weighted by Gasteiger charge is -2.31. The number of fused-ring (bicyclic) bond motifs is 1. The third-order valence-electron chi connectivity index (χ3n) is 3.61. The Hall–Kier alpha value is -1.67. The molecule has 0 bridgehead atoms. The van der Waals surface area contributed by atoms with Crippen molar-refractivity contribution < 1.29 is 5.11 Å². The number of hydrogen-bond acceptors (Lipinski definition) is 2. The van der Waals surface area contributed by atoms with Crippen LogP contribution in [0.3, 0.4) is 0 Å². The van der Waals surface area contributed by atoms with Crippen LogP contribution in [0.1, 0.15) is 17.5 Å². The Bertz CT molecular complexity index is 580. The summed E-state index contributed by atoms with van der Waals surface area (Å²) in [6.07, 6.45) is 2.04. The van der Waals surface area contributed by atoms with E-state index in [4.69, 9.17) is 11.6 Å². The number of phenols is 1. The van der Waals surface area contributed by atoms with Crippen LogP contribution in [0.2, 0.25) is 5.02 Å². The number of aromatic hydroxyl groups is 1. The highest BCUT2D eigenvalue weighted by molar-refractivity contribution is 6.30. The maximum Gasteiger partial charge on any atom is 0.120 e. The molecule has 1 aliphatic rings. The van der Waals surface area contributed by atoms with Crippen LogP contribution in [-0.2, 0) is 13.0 Å². The number of benzene rings is 2. The summed E-state index contributed by atoms with van der Waals surface area (Å²) in [6.45, 7) is 1.88. The molecule has 0 spiro atoms.